The number of benzene rings is 1. The normalized spacial score (nSPS) is 13.7. The fraction of sp³-hybridized carbons (Fsp3) is 0.235. The first-order chi connectivity index (χ1) is 11.3. The van der Waals surface area contributed by atoms with Gasteiger partial charge in [0.25, 0.3) is 0 Å². The Hall–Kier alpha value is -2.89. The Kier molecular flexibility index (Phi) is 3.42. The summed E-state index contributed by atoms with van der Waals surface area (Å²) in [6.45, 7) is 1.51. The zero-order valence-corrected chi connectivity index (χ0v) is 12.8. The first kappa shape index (κ1) is 13.8. The van der Waals surface area contributed by atoms with E-state index in [9.17, 15) is 0 Å². The van der Waals surface area contributed by atoms with Gasteiger partial charge >= 0.3 is 0 Å². The van der Waals surface area contributed by atoms with Crippen molar-refractivity contribution in [1.82, 2.24) is 15.1 Å². The van der Waals surface area contributed by atoms with Crippen LogP contribution in [0.4, 0.5) is 5.95 Å². The molecule has 0 atom stereocenters. The molecule has 1 aliphatic heterocycles. The van der Waals surface area contributed by atoms with Gasteiger partial charge in [0.1, 0.15) is 17.2 Å². The Morgan fingerprint density at radius 1 is 1.17 bits per heavy atom. The summed E-state index contributed by atoms with van der Waals surface area (Å²) in [4.78, 5) is 10.8. The highest BCUT2D eigenvalue weighted by molar-refractivity contribution is 5.66. The van der Waals surface area contributed by atoms with Gasteiger partial charge in [0.05, 0.1) is 13.7 Å². The van der Waals surface area contributed by atoms with Crippen molar-refractivity contribution in [2.45, 2.75) is 13.0 Å². The third kappa shape index (κ3) is 2.52. The lowest BCUT2D eigenvalue weighted by Crippen LogP contribution is -2.31. The lowest BCUT2D eigenvalue weighted by Gasteiger charge is -2.25. The van der Waals surface area contributed by atoms with E-state index in [1.807, 2.05) is 30.3 Å². The number of rotatable bonds is 3. The number of fused-ring (bicyclic) bond motifs is 1. The van der Waals surface area contributed by atoms with Crippen LogP contribution in [0.3, 0.4) is 0 Å². The molecular formula is C17H16N4O2. The zero-order valence-electron chi connectivity index (χ0n) is 12.8. The number of nitrogens with zero attached hydrogens (tertiary/aromatic N) is 4. The van der Waals surface area contributed by atoms with Gasteiger partial charge in [0.2, 0.25) is 5.95 Å². The molecule has 0 spiro atoms. The molecule has 6 heteroatoms. The van der Waals surface area contributed by atoms with Crippen LogP contribution < -0.4 is 9.64 Å². The Labute approximate surface area is 133 Å². The maximum Gasteiger partial charge on any atom is 0.225 e. The summed E-state index contributed by atoms with van der Waals surface area (Å²) in [5, 5.41) is 4.27. The van der Waals surface area contributed by atoms with Crippen LogP contribution >= 0.6 is 0 Å². The van der Waals surface area contributed by atoms with Crippen molar-refractivity contribution in [2.75, 3.05) is 18.6 Å². The summed E-state index contributed by atoms with van der Waals surface area (Å²) in [6.07, 6.45) is 4.31. The average molecular weight is 308 g/mol. The third-order valence-corrected chi connectivity index (χ3v) is 4.01. The summed E-state index contributed by atoms with van der Waals surface area (Å²) in [6, 6.07) is 9.67. The van der Waals surface area contributed by atoms with E-state index in [1.54, 1.807) is 19.5 Å². The molecule has 0 saturated heterocycles. The predicted octanol–water partition coefficient (Wildman–Crippen LogP) is 2.70. The van der Waals surface area contributed by atoms with Crippen molar-refractivity contribution in [2.24, 2.45) is 0 Å². The molecule has 0 saturated carbocycles. The molecule has 1 aliphatic rings. The molecule has 0 amide bonds. The predicted molar refractivity (Wildman–Crippen MR) is 85.3 cm³/mol. The van der Waals surface area contributed by atoms with E-state index in [0.717, 1.165) is 47.2 Å². The number of hydrogen-bond donors (Lipinski definition) is 0. The van der Waals surface area contributed by atoms with Crippen LogP contribution in [0, 0.1) is 0 Å². The quantitative estimate of drug-likeness (QED) is 0.741. The largest absolute Gasteiger partial charge is 0.497 e. The van der Waals surface area contributed by atoms with E-state index >= 15 is 0 Å². The Morgan fingerprint density at radius 3 is 2.87 bits per heavy atom. The molecule has 1 aromatic carbocycles. The van der Waals surface area contributed by atoms with Gasteiger partial charge in [-0.1, -0.05) is 17.3 Å². The lowest BCUT2D eigenvalue weighted by molar-refractivity contribution is 0.378. The summed E-state index contributed by atoms with van der Waals surface area (Å²) in [5.41, 5.74) is 2.95. The monoisotopic (exact) mass is 308 g/mol. The highest BCUT2D eigenvalue weighted by Crippen LogP contribution is 2.32. The standard InChI is InChI=1S/C17H16N4O2/c1-22-13-5-2-4-12(10-13)16-14-11-21(9-6-15(14)23-20-16)17-18-7-3-8-19-17/h2-5,7-8,10H,6,9,11H2,1H3. The van der Waals surface area contributed by atoms with Crippen molar-refractivity contribution in [1.29, 1.82) is 0 Å². The molecule has 4 rings (SSSR count). The highest BCUT2D eigenvalue weighted by atomic mass is 16.5. The number of hydrogen-bond acceptors (Lipinski definition) is 6. The van der Waals surface area contributed by atoms with Gasteiger partial charge < -0.3 is 14.2 Å². The summed E-state index contributed by atoms with van der Waals surface area (Å²) in [7, 11) is 1.66. The molecule has 3 heterocycles. The fourth-order valence-electron chi connectivity index (χ4n) is 2.83. The molecule has 23 heavy (non-hydrogen) atoms. The van der Waals surface area contributed by atoms with Crippen molar-refractivity contribution in [3.8, 4) is 17.0 Å². The van der Waals surface area contributed by atoms with E-state index in [4.69, 9.17) is 9.26 Å². The minimum absolute atomic E-state index is 0.690. The van der Waals surface area contributed by atoms with Crippen LogP contribution in [-0.4, -0.2) is 28.8 Å². The van der Waals surface area contributed by atoms with Gasteiger partial charge in [0.15, 0.2) is 0 Å². The molecule has 0 N–H and O–H groups in total. The summed E-state index contributed by atoms with van der Waals surface area (Å²) >= 11 is 0. The minimum Gasteiger partial charge on any atom is -0.497 e. The molecule has 0 aliphatic carbocycles. The second kappa shape index (κ2) is 5.72. The van der Waals surface area contributed by atoms with Crippen LogP contribution in [0.1, 0.15) is 11.3 Å². The second-order valence-corrected chi connectivity index (χ2v) is 5.39. The highest BCUT2D eigenvalue weighted by Gasteiger charge is 2.26. The van der Waals surface area contributed by atoms with Crippen LogP contribution in [0.15, 0.2) is 47.2 Å². The first-order valence-electron chi connectivity index (χ1n) is 7.49. The van der Waals surface area contributed by atoms with Gasteiger partial charge in [-0.05, 0) is 18.2 Å². The van der Waals surface area contributed by atoms with E-state index < -0.39 is 0 Å². The topological polar surface area (TPSA) is 64.3 Å². The molecule has 116 valence electrons. The Bertz CT molecular complexity index is 816. The molecular weight excluding hydrogens is 292 g/mol. The van der Waals surface area contributed by atoms with Crippen molar-refractivity contribution >= 4 is 5.95 Å². The SMILES string of the molecule is COc1cccc(-c2noc3c2CN(c2ncccn2)CC3)c1. The van der Waals surface area contributed by atoms with E-state index in [-0.39, 0.29) is 0 Å². The van der Waals surface area contributed by atoms with Gasteiger partial charge in [-0.2, -0.15) is 0 Å². The van der Waals surface area contributed by atoms with Gasteiger partial charge in [0, 0.05) is 36.5 Å². The van der Waals surface area contributed by atoms with Crippen LogP contribution in [0.25, 0.3) is 11.3 Å². The molecule has 0 radical (unpaired) electrons. The third-order valence-electron chi connectivity index (χ3n) is 4.01. The number of ether oxygens (including phenoxy) is 1. The Morgan fingerprint density at radius 2 is 2.04 bits per heavy atom. The van der Waals surface area contributed by atoms with E-state index in [2.05, 4.69) is 20.0 Å². The fourth-order valence-corrected chi connectivity index (χ4v) is 2.83. The van der Waals surface area contributed by atoms with Gasteiger partial charge in [-0.25, -0.2) is 9.97 Å². The minimum atomic E-state index is 0.690. The average Bonchev–Trinajstić information content (AvgIpc) is 3.05. The molecule has 0 unspecified atom stereocenters. The molecule has 0 bridgehead atoms. The smallest absolute Gasteiger partial charge is 0.225 e. The summed E-state index contributed by atoms with van der Waals surface area (Å²) < 4.78 is 10.8. The van der Waals surface area contributed by atoms with Crippen molar-refractivity contribution in [3.05, 3.63) is 54.0 Å². The maximum absolute atomic E-state index is 5.54. The number of methoxy groups -OCH3 is 1. The lowest BCUT2D eigenvalue weighted by atomic mass is 10.0. The van der Waals surface area contributed by atoms with Crippen LogP contribution in [0.2, 0.25) is 0 Å². The molecule has 2 aromatic heterocycles. The number of aromatic nitrogens is 3. The Balaban J connectivity index is 1.69. The second-order valence-electron chi connectivity index (χ2n) is 5.39. The number of anilines is 1. The first-order valence-corrected chi connectivity index (χ1v) is 7.49. The van der Waals surface area contributed by atoms with Crippen molar-refractivity contribution in [3.63, 3.8) is 0 Å². The van der Waals surface area contributed by atoms with Crippen molar-refractivity contribution < 1.29 is 9.26 Å². The van der Waals surface area contributed by atoms with Crippen LogP contribution in [0.5, 0.6) is 5.75 Å². The van der Waals surface area contributed by atoms with E-state index in [0.29, 0.717) is 6.54 Å². The molecule has 3 aromatic rings. The molecule has 6 nitrogen and oxygen atoms in total. The summed E-state index contributed by atoms with van der Waals surface area (Å²) in [5.74, 6) is 2.48. The maximum atomic E-state index is 5.54. The zero-order chi connectivity index (χ0) is 15.6. The van der Waals surface area contributed by atoms with Gasteiger partial charge in [-0.15, -0.1) is 0 Å². The molecule has 0 fully saturated rings. The van der Waals surface area contributed by atoms with Crippen LogP contribution in [-0.2, 0) is 13.0 Å². The van der Waals surface area contributed by atoms with E-state index in [1.165, 1.54) is 0 Å². The van der Waals surface area contributed by atoms with Gasteiger partial charge in [-0.3, -0.25) is 0 Å².